The van der Waals surface area contributed by atoms with E-state index >= 15 is 0 Å². The van der Waals surface area contributed by atoms with Crippen molar-refractivity contribution < 1.29 is 22.7 Å². The Kier molecular flexibility index (Phi) is 3.33. The number of halogens is 4. The molecule has 0 bridgehead atoms. The number of alkyl halides is 3. The molecule has 15 heavy (non-hydrogen) atoms. The van der Waals surface area contributed by atoms with Gasteiger partial charge in [-0.1, -0.05) is 0 Å². The van der Waals surface area contributed by atoms with Gasteiger partial charge in [-0.05, 0) is 22.0 Å². The lowest BCUT2D eigenvalue weighted by atomic mass is 10.2. The number of rotatable bonds is 1. The van der Waals surface area contributed by atoms with E-state index in [9.17, 15) is 18.0 Å². The molecule has 0 radical (unpaired) electrons. The second-order valence-electron chi connectivity index (χ2n) is 2.54. The molecule has 0 saturated carbocycles. The summed E-state index contributed by atoms with van der Waals surface area (Å²) >= 11 is 2.82. The molecule has 0 atom stereocenters. The van der Waals surface area contributed by atoms with Gasteiger partial charge in [0.25, 0.3) is 0 Å². The minimum absolute atomic E-state index is 0.0517. The van der Waals surface area contributed by atoms with Crippen LogP contribution < -0.4 is 0 Å². The highest BCUT2D eigenvalue weighted by Gasteiger charge is 2.32. The number of carbonyl (C=O) groups excluding carboxylic acids is 1. The van der Waals surface area contributed by atoms with Crippen molar-refractivity contribution >= 4 is 21.9 Å². The Morgan fingerprint density at radius 3 is 2.53 bits per heavy atom. The average molecular weight is 284 g/mol. The third kappa shape index (κ3) is 2.68. The zero-order valence-electron chi connectivity index (χ0n) is 7.43. The Hall–Kier alpha value is -1.11. The molecule has 1 rings (SSSR count). The van der Waals surface area contributed by atoms with Gasteiger partial charge >= 0.3 is 12.1 Å². The van der Waals surface area contributed by atoms with E-state index in [4.69, 9.17) is 0 Å². The summed E-state index contributed by atoms with van der Waals surface area (Å²) in [6, 6.07) is 0.777. The number of ether oxygens (including phenoxy) is 1. The minimum atomic E-state index is -4.48. The topological polar surface area (TPSA) is 39.2 Å². The van der Waals surface area contributed by atoms with Gasteiger partial charge in [0.1, 0.15) is 0 Å². The van der Waals surface area contributed by atoms with Crippen molar-refractivity contribution in [2.45, 2.75) is 6.18 Å². The van der Waals surface area contributed by atoms with Gasteiger partial charge in [0.15, 0.2) is 5.69 Å². The number of methoxy groups -OCH3 is 1. The highest BCUT2D eigenvalue weighted by Crippen LogP contribution is 2.31. The standard InChI is InChI=1S/C8H5BrF3NO2/c1-15-7(14)6-5(9)2-4(3-13-6)8(10,11)12/h2-3H,1H3. The molecule has 0 fully saturated rings. The molecule has 0 aliphatic heterocycles. The minimum Gasteiger partial charge on any atom is -0.464 e. The van der Waals surface area contributed by atoms with Crippen LogP contribution in [-0.2, 0) is 10.9 Å². The number of pyridine rings is 1. The Balaban J connectivity index is 3.15. The van der Waals surface area contributed by atoms with Gasteiger partial charge in [0.05, 0.1) is 17.1 Å². The smallest absolute Gasteiger partial charge is 0.417 e. The molecule has 82 valence electrons. The van der Waals surface area contributed by atoms with Crippen molar-refractivity contribution in [3.8, 4) is 0 Å². The third-order valence-electron chi connectivity index (χ3n) is 1.55. The lowest BCUT2D eigenvalue weighted by molar-refractivity contribution is -0.137. The maximum Gasteiger partial charge on any atom is 0.417 e. The normalized spacial score (nSPS) is 11.3. The molecule has 0 aromatic carbocycles. The highest BCUT2D eigenvalue weighted by molar-refractivity contribution is 9.10. The molecule has 0 spiro atoms. The molecule has 0 N–H and O–H groups in total. The van der Waals surface area contributed by atoms with Crippen LogP contribution >= 0.6 is 15.9 Å². The molecule has 1 aromatic heterocycles. The van der Waals surface area contributed by atoms with E-state index in [-0.39, 0.29) is 10.2 Å². The van der Waals surface area contributed by atoms with Crippen LogP contribution in [0.5, 0.6) is 0 Å². The largest absolute Gasteiger partial charge is 0.464 e. The van der Waals surface area contributed by atoms with Gasteiger partial charge in [0.2, 0.25) is 0 Å². The maximum atomic E-state index is 12.2. The molecular formula is C8H5BrF3NO2. The summed E-state index contributed by atoms with van der Waals surface area (Å²) in [6.45, 7) is 0. The van der Waals surface area contributed by atoms with E-state index in [1.807, 2.05) is 0 Å². The first kappa shape index (κ1) is 12.0. The average Bonchev–Trinajstić information content (AvgIpc) is 2.15. The number of nitrogens with zero attached hydrogens (tertiary/aromatic N) is 1. The Labute approximate surface area is 91.4 Å². The van der Waals surface area contributed by atoms with E-state index in [1.54, 1.807) is 0 Å². The van der Waals surface area contributed by atoms with Crippen molar-refractivity contribution in [2.24, 2.45) is 0 Å². The zero-order chi connectivity index (χ0) is 11.6. The summed E-state index contributed by atoms with van der Waals surface area (Å²) in [5.74, 6) is -0.796. The fourth-order valence-corrected chi connectivity index (χ4v) is 1.35. The molecule has 1 heterocycles. The lowest BCUT2D eigenvalue weighted by Crippen LogP contribution is -2.10. The van der Waals surface area contributed by atoms with Crippen LogP contribution in [0.3, 0.4) is 0 Å². The molecule has 0 aliphatic carbocycles. The predicted molar refractivity (Wildman–Crippen MR) is 48.3 cm³/mol. The number of hydrogen-bond acceptors (Lipinski definition) is 3. The molecule has 0 aliphatic rings. The van der Waals surface area contributed by atoms with Crippen molar-refractivity contribution in [3.05, 3.63) is 28.0 Å². The molecule has 0 amide bonds. The van der Waals surface area contributed by atoms with E-state index in [1.165, 1.54) is 0 Å². The molecular weight excluding hydrogens is 279 g/mol. The van der Waals surface area contributed by atoms with Crippen LogP contribution in [0.1, 0.15) is 16.1 Å². The SMILES string of the molecule is COC(=O)c1ncc(C(F)(F)F)cc1Br. The summed E-state index contributed by atoms with van der Waals surface area (Å²) in [4.78, 5) is 14.4. The third-order valence-corrected chi connectivity index (χ3v) is 2.15. The van der Waals surface area contributed by atoms with Gasteiger partial charge in [-0.25, -0.2) is 9.78 Å². The Morgan fingerprint density at radius 2 is 2.13 bits per heavy atom. The van der Waals surface area contributed by atoms with Gasteiger partial charge in [0, 0.05) is 6.20 Å². The van der Waals surface area contributed by atoms with Gasteiger partial charge in [-0.3, -0.25) is 0 Å². The first-order chi connectivity index (χ1) is 6.86. The predicted octanol–water partition coefficient (Wildman–Crippen LogP) is 2.65. The summed E-state index contributed by atoms with van der Waals surface area (Å²) in [7, 11) is 1.12. The molecule has 0 saturated heterocycles. The van der Waals surface area contributed by atoms with Crippen LogP contribution in [-0.4, -0.2) is 18.1 Å². The summed E-state index contributed by atoms with van der Waals surface area (Å²) < 4.78 is 40.9. The molecule has 1 aromatic rings. The Morgan fingerprint density at radius 1 is 1.53 bits per heavy atom. The van der Waals surface area contributed by atoms with Gasteiger partial charge in [-0.2, -0.15) is 13.2 Å². The van der Waals surface area contributed by atoms with Crippen LogP contribution in [0.4, 0.5) is 13.2 Å². The van der Waals surface area contributed by atoms with Crippen molar-refractivity contribution in [1.29, 1.82) is 0 Å². The van der Waals surface area contributed by atoms with E-state index in [0.29, 0.717) is 6.20 Å². The number of carbonyl (C=O) groups is 1. The van der Waals surface area contributed by atoms with Gasteiger partial charge in [-0.15, -0.1) is 0 Å². The first-order valence-electron chi connectivity index (χ1n) is 3.67. The zero-order valence-corrected chi connectivity index (χ0v) is 9.02. The number of hydrogen-bond donors (Lipinski definition) is 0. The van der Waals surface area contributed by atoms with E-state index in [0.717, 1.165) is 13.2 Å². The lowest BCUT2D eigenvalue weighted by Gasteiger charge is -2.07. The number of esters is 1. The molecule has 7 heteroatoms. The first-order valence-corrected chi connectivity index (χ1v) is 4.46. The second-order valence-corrected chi connectivity index (χ2v) is 3.40. The van der Waals surface area contributed by atoms with Crippen molar-refractivity contribution in [1.82, 2.24) is 4.98 Å². The quantitative estimate of drug-likeness (QED) is 0.744. The number of aromatic nitrogens is 1. The van der Waals surface area contributed by atoms with Crippen molar-refractivity contribution in [3.63, 3.8) is 0 Å². The highest BCUT2D eigenvalue weighted by atomic mass is 79.9. The van der Waals surface area contributed by atoms with Crippen LogP contribution in [0, 0.1) is 0 Å². The van der Waals surface area contributed by atoms with Crippen LogP contribution in [0.2, 0.25) is 0 Å². The maximum absolute atomic E-state index is 12.2. The van der Waals surface area contributed by atoms with Gasteiger partial charge < -0.3 is 4.74 Å². The van der Waals surface area contributed by atoms with Crippen molar-refractivity contribution in [2.75, 3.05) is 7.11 Å². The monoisotopic (exact) mass is 283 g/mol. The second kappa shape index (κ2) is 4.18. The Bertz CT molecular complexity index is 392. The summed E-state index contributed by atoms with van der Waals surface area (Å²) in [5, 5.41) is 0. The molecule has 0 unspecified atom stereocenters. The fourth-order valence-electron chi connectivity index (χ4n) is 0.840. The van der Waals surface area contributed by atoms with Crippen LogP contribution in [0.15, 0.2) is 16.7 Å². The van der Waals surface area contributed by atoms with Crippen LogP contribution in [0.25, 0.3) is 0 Å². The molecule has 3 nitrogen and oxygen atoms in total. The van der Waals surface area contributed by atoms with E-state index in [2.05, 4.69) is 25.7 Å². The van der Waals surface area contributed by atoms with E-state index < -0.39 is 17.7 Å². The summed E-state index contributed by atoms with van der Waals surface area (Å²) in [6.07, 6.45) is -3.90. The fraction of sp³-hybridized carbons (Fsp3) is 0.250. The summed E-state index contributed by atoms with van der Waals surface area (Å²) in [5.41, 5.74) is -1.12.